The van der Waals surface area contributed by atoms with Gasteiger partial charge in [-0.25, -0.2) is 0 Å². The van der Waals surface area contributed by atoms with Gasteiger partial charge in [-0.05, 0) is 45.6 Å². The summed E-state index contributed by atoms with van der Waals surface area (Å²) in [6.07, 6.45) is 1.37. The summed E-state index contributed by atoms with van der Waals surface area (Å²) in [6, 6.07) is 0. The van der Waals surface area contributed by atoms with Crippen molar-refractivity contribution in [2.45, 2.75) is 20.3 Å². The highest BCUT2D eigenvalue weighted by Crippen LogP contribution is 2.12. The minimum Gasteiger partial charge on any atom is -0.315 e. The molecular weight excluding hydrogens is 186 g/mol. The summed E-state index contributed by atoms with van der Waals surface area (Å²) in [5, 5.41) is 3.58. The lowest BCUT2D eigenvalue weighted by Crippen LogP contribution is -2.34. The van der Waals surface area contributed by atoms with Gasteiger partial charge in [-0.15, -0.1) is 0 Å². The summed E-state index contributed by atoms with van der Waals surface area (Å²) in [5.74, 6) is 0.881. The van der Waals surface area contributed by atoms with Gasteiger partial charge in [0.25, 0.3) is 0 Å². The van der Waals surface area contributed by atoms with Gasteiger partial charge in [0, 0.05) is 19.6 Å². The average molecular weight is 213 g/mol. The SMILES string of the molecule is CCN(CC)CCNCC1CCN(C)C1. The van der Waals surface area contributed by atoms with E-state index in [2.05, 4.69) is 36.0 Å². The van der Waals surface area contributed by atoms with Crippen molar-refractivity contribution in [2.24, 2.45) is 5.92 Å². The molecule has 0 aromatic carbocycles. The zero-order valence-electron chi connectivity index (χ0n) is 10.6. The maximum absolute atomic E-state index is 3.58. The zero-order valence-corrected chi connectivity index (χ0v) is 10.6. The topological polar surface area (TPSA) is 18.5 Å². The van der Waals surface area contributed by atoms with Crippen LogP contribution >= 0.6 is 0 Å². The standard InChI is InChI=1S/C12H27N3/c1-4-15(5-2)9-7-13-10-12-6-8-14(3)11-12/h12-13H,4-11H2,1-3H3. The van der Waals surface area contributed by atoms with Crippen LogP contribution in [0.3, 0.4) is 0 Å². The van der Waals surface area contributed by atoms with Crippen LogP contribution in [0.15, 0.2) is 0 Å². The van der Waals surface area contributed by atoms with Gasteiger partial charge in [0.05, 0.1) is 0 Å². The summed E-state index contributed by atoms with van der Waals surface area (Å²) in [7, 11) is 2.22. The molecule has 0 aliphatic carbocycles. The summed E-state index contributed by atoms with van der Waals surface area (Å²) in [5.41, 5.74) is 0. The second-order valence-corrected chi connectivity index (χ2v) is 4.65. The highest BCUT2D eigenvalue weighted by molar-refractivity contribution is 4.74. The lowest BCUT2D eigenvalue weighted by molar-refractivity contribution is 0.298. The first-order valence-electron chi connectivity index (χ1n) is 6.37. The number of hydrogen-bond donors (Lipinski definition) is 1. The molecule has 1 rings (SSSR count). The van der Waals surface area contributed by atoms with E-state index in [1.807, 2.05) is 0 Å². The number of likely N-dealkylation sites (tertiary alicyclic amines) is 1. The van der Waals surface area contributed by atoms with Crippen LogP contribution in [0.1, 0.15) is 20.3 Å². The first kappa shape index (κ1) is 12.9. The predicted octanol–water partition coefficient (Wildman–Crippen LogP) is 0.870. The lowest BCUT2D eigenvalue weighted by atomic mass is 10.1. The summed E-state index contributed by atoms with van der Waals surface area (Å²) >= 11 is 0. The van der Waals surface area contributed by atoms with E-state index < -0.39 is 0 Å². The van der Waals surface area contributed by atoms with E-state index in [0.29, 0.717) is 0 Å². The lowest BCUT2D eigenvalue weighted by Gasteiger charge is -2.19. The van der Waals surface area contributed by atoms with Gasteiger partial charge < -0.3 is 15.1 Å². The zero-order chi connectivity index (χ0) is 11.1. The summed E-state index contributed by atoms with van der Waals surface area (Å²) < 4.78 is 0. The summed E-state index contributed by atoms with van der Waals surface area (Å²) in [6.45, 7) is 12.9. The summed E-state index contributed by atoms with van der Waals surface area (Å²) in [4.78, 5) is 4.89. The molecule has 0 bridgehead atoms. The molecule has 0 aromatic heterocycles. The molecule has 0 aromatic rings. The van der Waals surface area contributed by atoms with Crippen molar-refractivity contribution in [2.75, 3.05) is 52.9 Å². The first-order valence-corrected chi connectivity index (χ1v) is 6.37. The highest BCUT2D eigenvalue weighted by atomic mass is 15.1. The van der Waals surface area contributed by atoms with E-state index in [9.17, 15) is 0 Å². The van der Waals surface area contributed by atoms with E-state index in [1.165, 1.54) is 45.7 Å². The molecule has 1 atom stereocenters. The van der Waals surface area contributed by atoms with Crippen LogP contribution in [-0.4, -0.2) is 62.7 Å². The van der Waals surface area contributed by atoms with Crippen molar-refractivity contribution in [1.82, 2.24) is 15.1 Å². The van der Waals surface area contributed by atoms with Crippen LogP contribution in [0, 0.1) is 5.92 Å². The Morgan fingerprint density at radius 3 is 2.60 bits per heavy atom. The van der Waals surface area contributed by atoms with Gasteiger partial charge >= 0.3 is 0 Å². The Hall–Kier alpha value is -0.120. The Bertz CT molecular complexity index is 157. The van der Waals surface area contributed by atoms with E-state index in [4.69, 9.17) is 0 Å². The minimum atomic E-state index is 0.881. The molecule has 1 N–H and O–H groups in total. The number of hydrogen-bond acceptors (Lipinski definition) is 3. The molecule has 15 heavy (non-hydrogen) atoms. The molecular formula is C12H27N3. The van der Waals surface area contributed by atoms with Crippen molar-refractivity contribution in [3.8, 4) is 0 Å². The molecule has 1 heterocycles. The van der Waals surface area contributed by atoms with Crippen LogP contribution in [0.25, 0.3) is 0 Å². The van der Waals surface area contributed by atoms with E-state index in [1.54, 1.807) is 0 Å². The Balaban J connectivity index is 1.97. The Kier molecular flexibility index (Phi) is 6.22. The van der Waals surface area contributed by atoms with Gasteiger partial charge in [-0.1, -0.05) is 13.8 Å². The van der Waals surface area contributed by atoms with Crippen molar-refractivity contribution < 1.29 is 0 Å². The second-order valence-electron chi connectivity index (χ2n) is 4.65. The molecule has 3 heteroatoms. The largest absolute Gasteiger partial charge is 0.315 e. The molecule has 0 amide bonds. The molecule has 1 saturated heterocycles. The third kappa shape index (κ3) is 4.96. The fraction of sp³-hybridized carbons (Fsp3) is 1.00. The molecule has 90 valence electrons. The normalized spacial score (nSPS) is 22.8. The van der Waals surface area contributed by atoms with Gasteiger partial charge in [0.2, 0.25) is 0 Å². The molecule has 0 saturated carbocycles. The third-order valence-corrected chi connectivity index (χ3v) is 3.42. The van der Waals surface area contributed by atoms with Gasteiger partial charge in [0.15, 0.2) is 0 Å². The average Bonchev–Trinajstić information content (AvgIpc) is 2.65. The molecule has 1 aliphatic heterocycles. The molecule has 1 unspecified atom stereocenters. The van der Waals surface area contributed by atoms with Crippen LogP contribution in [0.5, 0.6) is 0 Å². The van der Waals surface area contributed by atoms with Crippen molar-refractivity contribution in [3.05, 3.63) is 0 Å². The maximum atomic E-state index is 3.58. The third-order valence-electron chi connectivity index (χ3n) is 3.42. The highest BCUT2D eigenvalue weighted by Gasteiger charge is 2.18. The second kappa shape index (κ2) is 7.20. The fourth-order valence-electron chi connectivity index (χ4n) is 2.28. The molecule has 0 radical (unpaired) electrons. The molecule has 1 aliphatic rings. The molecule has 1 fully saturated rings. The van der Waals surface area contributed by atoms with Crippen molar-refractivity contribution in [3.63, 3.8) is 0 Å². The van der Waals surface area contributed by atoms with E-state index in [-0.39, 0.29) is 0 Å². The smallest absolute Gasteiger partial charge is 0.0107 e. The minimum absolute atomic E-state index is 0.881. The predicted molar refractivity (Wildman–Crippen MR) is 66.3 cm³/mol. The van der Waals surface area contributed by atoms with Crippen molar-refractivity contribution in [1.29, 1.82) is 0 Å². The Labute approximate surface area is 94.8 Å². The van der Waals surface area contributed by atoms with E-state index in [0.717, 1.165) is 12.5 Å². The number of nitrogens with one attached hydrogen (secondary N) is 1. The fourth-order valence-corrected chi connectivity index (χ4v) is 2.28. The Morgan fingerprint density at radius 2 is 2.07 bits per heavy atom. The van der Waals surface area contributed by atoms with E-state index >= 15 is 0 Å². The van der Waals surface area contributed by atoms with Gasteiger partial charge in [-0.2, -0.15) is 0 Å². The number of rotatable bonds is 7. The van der Waals surface area contributed by atoms with Crippen LogP contribution in [0.4, 0.5) is 0 Å². The molecule has 3 nitrogen and oxygen atoms in total. The first-order chi connectivity index (χ1) is 7.26. The Morgan fingerprint density at radius 1 is 1.33 bits per heavy atom. The van der Waals surface area contributed by atoms with Gasteiger partial charge in [0.1, 0.15) is 0 Å². The quantitative estimate of drug-likeness (QED) is 0.633. The van der Waals surface area contributed by atoms with Crippen LogP contribution < -0.4 is 5.32 Å². The molecule has 0 spiro atoms. The van der Waals surface area contributed by atoms with Crippen molar-refractivity contribution >= 4 is 0 Å². The van der Waals surface area contributed by atoms with Crippen LogP contribution in [0.2, 0.25) is 0 Å². The maximum Gasteiger partial charge on any atom is 0.0107 e. The van der Waals surface area contributed by atoms with Gasteiger partial charge in [-0.3, -0.25) is 0 Å². The monoisotopic (exact) mass is 213 g/mol. The number of nitrogens with zero attached hydrogens (tertiary/aromatic N) is 2. The number of likely N-dealkylation sites (N-methyl/N-ethyl adjacent to an activating group) is 1. The van der Waals surface area contributed by atoms with Crippen LogP contribution in [-0.2, 0) is 0 Å².